The molecule has 21 heteroatoms. The molecule has 4 fully saturated rings. The highest BCUT2D eigenvalue weighted by molar-refractivity contribution is 5.89. The van der Waals surface area contributed by atoms with Crippen LogP contribution in [0.1, 0.15) is 109 Å². The molecule has 3 aromatic rings. The van der Waals surface area contributed by atoms with Crippen molar-refractivity contribution in [3.05, 3.63) is 119 Å². The first kappa shape index (κ1) is 57.8. The van der Waals surface area contributed by atoms with Gasteiger partial charge in [0.05, 0.1) is 24.5 Å². The molecule has 4 aliphatic carbocycles. The summed E-state index contributed by atoms with van der Waals surface area (Å²) in [4.78, 5) is 109. The third kappa shape index (κ3) is 11.8. The molecule has 0 aromatic heterocycles. The molecule has 1 aliphatic heterocycles. The fraction of sp³-hybridized carbons (Fsp3) is 0.517. The van der Waals surface area contributed by atoms with E-state index in [4.69, 9.17) is 42.6 Å². The van der Waals surface area contributed by atoms with Gasteiger partial charge in [-0.3, -0.25) is 14.4 Å². The number of fused-ring (bicyclic) bond motifs is 4. The third-order valence-electron chi connectivity index (χ3n) is 15.8. The number of carbonyl (C=O) groups excluding carboxylic acids is 8. The number of aliphatic hydroxyl groups excluding tert-OH is 1. The van der Waals surface area contributed by atoms with Gasteiger partial charge in [0.1, 0.15) is 48.3 Å². The van der Waals surface area contributed by atoms with E-state index in [-0.39, 0.29) is 54.4 Å². The van der Waals surface area contributed by atoms with Crippen LogP contribution in [0.4, 0.5) is 9.59 Å². The predicted octanol–water partition coefficient (Wildman–Crippen LogP) is 5.67. The van der Waals surface area contributed by atoms with Crippen molar-refractivity contribution in [2.24, 2.45) is 22.7 Å². The number of hydrogen-bond donors (Lipinski definition) is 4. The summed E-state index contributed by atoms with van der Waals surface area (Å²) in [5.74, 6) is -7.49. The lowest BCUT2D eigenvalue weighted by Gasteiger charge is -2.65. The molecule has 4 N–H and O–H groups in total. The van der Waals surface area contributed by atoms with Gasteiger partial charge in [-0.2, -0.15) is 0 Å². The fourth-order valence-corrected chi connectivity index (χ4v) is 12.2. The van der Waals surface area contributed by atoms with Gasteiger partial charge in [0.2, 0.25) is 6.10 Å². The van der Waals surface area contributed by atoms with Crippen LogP contribution in [0.3, 0.4) is 0 Å². The number of nitrogens with one attached hydrogen (secondary N) is 2. The summed E-state index contributed by atoms with van der Waals surface area (Å²) in [7, 11) is 0. The molecule has 5 aliphatic rings. The molecule has 12 atom stereocenters. The average Bonchev–Trinajstić information content (AvgIpc) is 1.96. The molecule has 424 valence electrons. The van der Waals surface area contributed by atoms with Gasteiger partial charge in [0, 0.05) is 37.6 Å². The second kappa shape index (κ2) is 22.8. The van der Waals surface area contributed by atoms with Crippen molar-refractivity contribution < 1.29 is 91.2 Å². The first-order valence-corrected chi connectivity index (χ1v) is 26.2. The minimum Gasteiger partial charge on any atom is -0.455 e. The number of aliphatic hydroxyl groups is 2. The Labute approximate surface area is 456 Å². The van der Waals surface area contributed by atoms with E-state index in [1.807, 2.05) is 6.07 Å². The van der Waals surface area contributed by atoms with E-state index in [1.54, 1.807) is 102 Å². The van der Waals surface area contributed by atoms with Gasteiger partial charge in [0.25, 0.3) is 0 Å². The lowest BCUT2D eigenvalue weighted by Crippen LogP contribution is -2.78. The number of ether oxygens (including phenoxy) is 9. The Bertz CT molecular complexity index is 2840. The Kier molecular flexibility index (Phi) is 16.7. The van der Waals surface area contributed by atoms with Crippen LogP contribution in [0.15, 0.2) is 102 Å². The van der Waals surface area contributed by atoms with E-state index in [1.165, 1.54) is 31.2 Å². The molecule has 1 spiro atoms. The first-order chi connectivity index (χ1) is 37.3. The molecule has 21 nitrogen and oxygen atoms in total. The minimum atomic E-state index is -2.35. The maximum Gasteiger partial charge on any atom is 0.408 e. The van der Waals surface area contributed by atoms with E-state index in [0.29, 0.717) is 6.42 Å². The Morgan fingerprint density at radius 1 is 0.797 bits per heavy atom. The zero-order chi connectivity index (χ0) is 57.2. The number of amides is 2. The average molecular weight is 1100 g/mol. The summed E-state index contributed by atoms with van der Waals surface area (Å²) in [6.07, 6.45) is -11.4. The molecule has 3 saturated carbocycles. The zero-order valence-corrected chi connectivity index (χ0v) is 45.3. The molecule has 1 heterocycles. The lowest BCUT2D eigenvalue weighted by atomic mass is 9.48. The van der Waals surface area contributed by atoms with Crippen molar-refractivity contribution in [3.8, 4) is 0 Å². The Morgan fingerprint density at radius 2 is 1.44 bits per heavy atom. The Morgan fingerprint density at radius 3 is 2.05 bits per heavy atom. The topological polar surface area (TPSA) is 284 Å². The predicted molar refractivity (Wildman–Crippen MR) is 275 cm³/mol. The lowest BCUT2D eigenvalue weighted by molar-refractivity contribution is -0.335. The summed E-state index contributed by atoms with van der Waals surface area (Å²) in [5, 5.41) is 32.1. The normalized spacial score (nSPS) is 28.7. The maximum absolute atomic E-state index is 15.3. The van der Waals surface area contributed by atoms with Crippen LogP contribution in [-0.4, -0.2) is 131 Å². The molecule has 8 rings (SSSR count). The van der Waals surface area contributed by atoms with Gasteiger partial charge in [-0.25, -0.2) is 24.0 Å². The van der Waals surface area contributed by atoms with E-state index >= 15 is 4.79 Å². The molecule has 2 amide bonds. The monoisotopic (exact) mass is 1100 g/mol. The number of hydrogen-bond acceptors (Lipinski definition) is 19. The summed E-state index contributed by atoms with van der Waals surface area (Å²) >= 11 is 0. The number of esters is 6. The van der Waals surface area contributed by atoms with Crippen molar-refractivity contribution in [3.63, 3.8) is 0 Å². The van der Waals surface area contributed by atoms with Crippen LogP contribution in [0.5, 0.6) is 0 Å². The summed E-state index contributed by atoms with van der Waals surface area (Å²) in [6, 6.07) is 23.2. The van der Waals surface area contributed by atoms with Crippen molar-refractivity contribution in [1.29, 1.82) is 0 Å². The summed E-state index contributed by atoms with van der Waals surface area (Å²) < 4.78 is 53.1. The van der Waals surface area contributed by atoms with Crippen LogP contribution in [0.2, 0.25) is 0 Å². The molecule has 1 unspecified atom stereocenters. The smallest absolute Gasteiger partial charge is 0.408 e. The van der Waals surface area contributed by atoms with Crippen molar-refractivity contribution in [2.75, 3.05) is 19.8 Å². The molecule has 79 heavy (non-hydrogen) atoms. The van der Waals surface area contributed by atoms with E-state index in [0.717, 1.165) is 12.5 Å². The van der Waals surface area contributed by atoms with E-state index in [2.05, 4.69) is 10.6 Å². The van der Waals surface area contributed by atoms with Crippen molar-refractivity contribution in [2.45, 2.75) is 147 Å². The number of alkyl carbamates (subject to hydrolysis) is 2. The van der Waals surface area contributed by atoms with Crippen LogP contribution < -0.4 is 10.6 Å². The Balaban J connectivity index is 1.15. The highest BCUT2D eigenvalue weighted by atomic mass is 16.6. The van der Waals surface area contributed by atoms with Gasteiger partial charge in [0.15, 0.2) is 18.3 Å². The summed E-state index contributed by atoms with van der Waals surface area (Å²) in [5.41, 5.74) is -6.54. The van der Waals surface area contributed by atoms with Gasteiger partial charge in [-0.15, -0.1) is 0 Å². The SMILES string of the molecule is CC(=O)O[C@@H]1C2=C(C)[C@@H](OC(=O)[C@H](OC(=O)COC(=O)CCNC(=O)OCc3ccccc3)[C@@H](NC(=O)OC(C)(C)C)c3ccccc3)C[C@@](O)([C@@H](OC(=O)c3ccccc3)[C@@H]3[C@]4(OC(C)=O)CO[C@@H]4C[C@@H]4C[C@@]43C1O)C2(C)C. The third-order valence-corrected chi connectivity index (χ3v) is 15.8. The van der Waals surface area contributed by atoms with Gasteiger partial charge < -0.3 is 63.5 Å². The highest BCUT2D eigenvalue weighted by Gasteiger charge is 2.84. The van der Waals surface area contributed by atoms with E-state index in [9.17, 15) is 43.8 Å². The van der Waals surface area contributed by atoms with Gasteiger partial charge in [-0.05, 0) is 80.9 Å². The molecular formula is C58H68N2O19. The summed E-state index contributed by atoms with van der Waals surface area (Å²) in [6.45, 7) is 10.5. The number of carbonyl (C=O) groups is 8. The van der Waals surface area contributed by atoms with Crippen LogP contribution in [0.25, 0.3) is 0 Å². The molecular weight excluding hydrogens is 1030 g/mol. The van der Waals surface area contributed by atoms with Crippen molar-refractivity contribution in [1.82, 2.24) is 10.6 Å². The highest BCUT2D eigenvalue weighted by Crippen LogP contribution is 2.76. The number of benzene rings is 3. The first-order valence-electron chi connectivity index (χ1n) is 26.2. The van der Waals surface area contributed by atoms with Gasteiger partial charge >= 0.3 is 48.0 Å². The zero-order valence-electron chi connectivity index (χ0n) is 45.3. The molecule has 0 radical (unpaired) electrons. The largest absolute Gasteiger partial charge is 0.455 e. The minimum absolute atomic E-state index is 0.0193. The van der Waals surface area contributed by atoms with Crippen LogP contribution in [-0.2, 0) is 73.2 Å². The van der Waals surface area contributed by atoms with E-state index < -0.39 is 144 Å². The van der Waals surface area contributed by atoms with Crippen molar-refractivity contribution >= 4 is 48.0 Å². The molecule has 2 bridgehead atoms. The second-order valence-electron chi connectivity index (χ2n) is 22.4. The standard InChI is InChI=1S/C58H68N2O19/c1-32-39(75-51(67)46(44(36-20-14-10-15-21-36)60-53(69)79-54(4,5)6)76-42(64)30-71-41(63)24-25-59-52(68)72-29-35-18-12-9-13-19-35)28-58(70)49(77-50(66)37-22-16-11-17-23-37)47-56(48(65)45(74-33(2)61)43(32)55(58,7)8)27-38(56)26-40-57(47,31-73-40)78-34(3)62/h9-23,38-40,44-49,65,70H,24-31H2,1-8H3,(H,59,68)(H,60,69)/t38-,39+,40-,44+,45-,46-,47+,48?,49+,56-,57+,58-/m1/s1. The van der Waals surface area contributed by atoms with Crippen LogP contribution in [0, 0.1) is 22.7 Å². The molecule has 1 saturated heterocycles. The second-order valence-corrected chi connectivity index (χ2v) is 22.4. The quantitative estimate of drug-likeness (QED) is 0.0719. The molecule has 3 aromatic carbocycles. The maximum atomic E-state index is 15.3. The fourth-order valence-electron chi connectivity index (χ4n) is 12.2. The number of rotatable bonds is 17. The van der Waals surface area contributed by atoms with Gasteiger partial charge in [-0.1, -0.05) is 92.7 Å². The Hall–Kier alpha value is -7.36. The van der Waals surface area contributed by atoms with Crippen LogP contribution >= 0.6 is 0 Å².